The predicted octanol–water partition coefficient (Wildman–Crippen LogP) is 7.03. The molecule has 3 saturated heterocycles. The van der Waals surface area contributed by atoms with Crippen LogP contribution >= 0.6 is 0 Å². The highest BCUT2D eigenvalue weighted by molar-refractivity contribution is 5.91. The lowest BCUT2D eigenvalue weighted by atomic mass is 9.73. The number of pyridine rings is 1. The minimum absolute atomic E-state index is 0.0249. The Morgan fingerprint density at radius 1 is 1.05 bits per heavy atom. The zero-order chi connectivity index (χ0) is 27.9. The van der Waals surface area contributed by atoms with Crippen LogP contribution in [0.4, 0.5) is 36.8 Å². The van der Waals surface area contributed by atoms with Crippen LogP contribution < -0.4 is 10.6 Å². The standard InChI is InChI=1S/C28H26F6N4O/c1-2-16-15-38-10-8-17(16)11-24(38)25(22-7-9-35-23-6-4-3-5-21(22)23)37-26(39)36-20-13-18(27(29,30)31)12-19(14-20)28(32,33)34/h2-7,9,12-14,16-17,24-25H,1,8,10-11,15H2,(H2,36,37,39)/t16-,17-,24-,25+/m0/s1. The first kappa shape index (κ1) is 27.0. The number of nitrogens with zero attached hydrogens (tertiary/aromatic N) is 2. The van der Waals surface area contributed by atoms with E-state index in [1.165, 1.54) is 0 Å². The Labute approximate surface area is 220 Å². The number of aromatic nitrogens is 1. The van der Waals surface area contributed by atoms with Crippen LogP contribution in [-0.2, 0) is 12.4 Å². The number of halogens is 6. The summed E-state index contributed by atoms with van der Waals surface area (Å²) in [5.41, 5.74) is -2.14. The van der Waals surface area contributed by atoms with Gasteiger partial charge in [-0.2, -0.15) is 26.3 Å². The van der Waals surface area contributed by atoms with Gasteiger partial charge >= 0.3 is 18.4 Å². The van der Waals surface area contributed by atoms with Crippen LogP contribution in [0.2, 0.25) is 0 Å². The molecule has 5 atom stereocenters. The number of amides is 2. The van der Waals surface area contributed by atoms with Crippen LogP contribution in [0.5, 0.6) is 0 Å². The number of carbonyl (C=O) groups is 1. The second kappa shape index (κ2) is 10.2. The maximum absolute atomic E-state index is 13.3. The minimum atomic E-state index is -5.02. The second-order valence-electron chi connectivity index (χ2n) is 10.0. The highest BCUT2D eigenvalue weighted by atomic mass is 19.4. The summed E-state index contributed by atoms with van der Waals surface area (Å²) in [4.78, 5) is 19.8. The zero-order valence-electron chi connectivity index (χ0n) is 20.7. The average Bonchev–Trinajstić information content (AvgIpc) is 2.90. The third-order valence-corrected chi connectivity index (χ3v) is 7.69. The number of hydrogen-bond acceptors (Lipinski definition) is 3. The van der Waals surface area contributed by atoms with Gasteiger partial charge in [0.05, 0.1) is 22.7 Å². The molecule has 0 spiro atoms. The molecule has 5 nitrogen and oxygen atoms in total. The number of urea groups is 1. The van der Waals surface area contributed by atoms with Gasteiger partial charge in [-0.3, -0.25) is 9.88 Å². The van der Waals surface area contributed by atoms with Crippen molar-refractivity contribution in [2.24, 2.45) is 11.8 Å². The maximum Gasteiger partial charge on any atom is 0.416 e. The predicted molar refractivity (Wildman–Crippen MR) is 135 cm³/mol. The van der Waals surface area contributed by atoms with Gasteiger partial charge in [-0.1, -0.05) is 24.3 Å². The van der Waals surface area contributed by atoms with Gasteiger partial charge < -0.3 is 10.6 Å². The monoisotopic (exact) mass is 548 g/mol. The van der Waals surface area contributed by atoms with Crippen molar-refractivity contribution in [2.45, 2.75) is 37.3 Å². The van der Waals surface area contributed by atoms with Crippen molar-refractivity contribution in [3.05, 3.63) is 84.1 Å². The summed E-state index contributed by atoms with van der Waals surface area (Å²) >= 11 is 0. The number of anilines is 1. The topological polar surface area (TPSA) is 57.3 Å². The zero-order valence-corrected chi connectivity index (χ0v) is 20.7. The maximum atomic E-state index is 13.3. The molecule has 39 heavy (non-hydrogen) atoms. The van der Waals surface area contributed by atoms with Gasteiger partial charge in [0.2, 0.25) is 0 Å². The van der Waals surface area contributed by atoms with Crippen LogP contribution in [0, 0.1) is 11.8 Å². The van der Waals surface area contributed by atoms with Crippen LogP contribution in [0.15, 0.2) is 67.4 Å². The van der Waals surface area contributed by atoms with E-state index in [1.54, 1.807) is 12.3 Å². The highest BCUT2D eigenvalue weighted by Crippen LogP contribution is 2.42. The molecule has 3 aliphatic heterocycles. The molecular formula is C28H26F6N4O. The molecule has 3 fully saturated rings. The molecule has 1 unspecified atom stereocenters. The van der Waals surface area contributed by atoms with Gasteiger partial charge in [0.25, 0.3) is 0 Å². The quantitative estimate of drug-likeness (QED) is 0.266. The summed E-state index contributed by atoms with van der Waals surface area (Å²) in [6.45, 7) is 5.51. The largest absolute Gasteiger partial charge is 0.416 e. The minimum Gasteiger partial charge on any atom is -0.329 e. The molecule has 2 N–H and O–H groups in total. The molecule has 3 aliphatic rings. The van der Waals surface area contributed by atoms with E-state index in [1.807, 2.05) is 30.3 Å². The SMILES string of the molecule is C=C[C@H]1CN2CC[C@H]1C[C@H]2[C@H](NC(=O)Nc1cc(C(F)(F)F)cc(C(F)(F)F)c1)c1ccnc2ccccc12. The van der Waals surface area contributed by atoms with E-state index in [2.05, 4.69) is 27.1 Å². The van der Waals surface area contributed by atoms with Crippen molar-refractivity contribution in [3.8, 4) is 0 Å². The Morgan fingerprint density at radius 3 is 2.36 bits per heavy atom. The summed E-state index contributed by atoms with van der Waals surface area (Å²) in [5.74, 6) is 0.667. The summed E-state index contributed by atoms with van der Waals surface area (Å²) in [6, 6.07) is 8.53. The van der Waals surface area contributed by atoms with Gasteiger partial charge in [0, 0.05) is 29.9 Å². The van der Waals surface area contributed by atoms with Crippen molar-refractivity contribution in [2.75, 3.05) is 18.4 Å². The fraction of sp³-hybridized carbons (Fsp3) is 0.357. The smallest absolute Gasteiger partial charge is 0.329 e. The van der Waals surface area contributed by atoms with Gasteiger partial charge in [0.15, 0.2) is 0 Å². The Bertz CT molecular complexity index is 1350. The average molecular weight is 549 g/mol. The first-order chi connectivity index (χ1) is 18.4. The number of hydrogen-bond donors (Lipinski definition) is 2. The number of carbonyl (C=O) groups excluding carboxylic acids is 1. The summed E-state index contributed by atoms with van der Waals surface area (Å²) in [6.07, 6.45) is -4.76. The molecule has 4 heterocycles. The van der Waals surface area contributed by atoms with Crippen LogP contribution in [0.1, 0.15) is 35.6 Å². The normalized spacial score (nSPS) is 23.8. The summed E-state index contributed by atoms with van der Waals surface area (Å²) in [7, 11) is 0. The van der Waals surface area contributed by atoms with E-state index >= 15 is 0 Å². The lowest BCUT2D eigenvalue weighted by molar-refractivity contribution is -0.143. The number of benzene rings is 2. The van der Waals surface area contributed by atoms with E-state index in [9.17, 15) is 31.1 Å². The number of rotatable bonds is 5. The fourth-order valence-corrected chi connectivity index (χ4v) is 5.83. The van der Waals surface area contributed by atoms with Gasteiger partial charge in [-0.05, 0) is 67.1 Å². The van der Waals surface area contributed by atoms with Crippen LogP contribution in [-0.4, -0.2) is 35.0 Å². The Hall–Kier alpha value is -3.60. The number of nitrogens with one attached hydrogen (secondary N) is 2. The summed E-state index contributed by atoms with van der Waals surface area (Å²) in [5, 5.41) is 5.89. The van der Waals surface area contributed by atoms with Crippen molar-refractivity contribution in [1.29, 1.82) is 0 Å². The number of alkyl halides is 6. The third-order valence-electron chi connectivity index (χ3n) is 7.69. The van der Waals surface area contributed by atoms with Gasteiger partial charge in [-0.25, -0.2) is 4.79 Å². The molecule has 0 saturated carbocycles. The lowest BCUT2D eigenvalue weighted by Gasteiger charge is -2.51. The molecule has 6 rings (SSSR count). The number of piperidine rings is 3. The molecule has 0 aliphatic carbocycles. The molecule has 2 aromatic carbocycles. The Balaban J connectivity index is 1.48. The van der Waals surface area contributed by atoms with Crippen molar-refractivity contribution >= 4 is 22.6 Å². The van der Waals surface area contributed by atoms with E-state index in [-0.39, 0.29) is 12.1 Å². The molecule has 206 valence electrons. The molecule has 1 aromatic heterocycles. The highest BCUT2D eigenvalue weighted by Gasteiger charge is 2.43. The Morgan fingerprint density at radius 2 is 1.74 bits per heavy atom. The van der Waals surface area contributed by atoms with Gasteiger partial charge in [-0.15, -0.1) is 6.58 Å². The van der Waals surface area contributed by atoms with Crippen LogP contribution in [0.25, 0.3) is 10.9 Å². The van der Waals surface area contributed by atoms with Crippen molar-refractivity contribution < 1.29 is 31.1 Å². The molecule has 11 heteroatoms. The summed E-state index contributed by atoms with van der Waals surface area (Å²) < 4.78 is 80.0. The van der Waals surface area contributed by atoms with E-state index in [0.29, 0.717) is 29.5 Å². The van der Waals surface area contributed by atoms with E-state index < -0.39 is 41.2 Å². The molecule has 0 radical (unpaired) electrons. The first-order valence-electron chi connectivity index (χ1n) is 12.5. The molecular weight excluding hydrogens is 522 g/mol. The first-order valence-corrected chi connectivity index (χ1v) is 12.5. The van der Waals surface area contributed by atoms with E-state index in [0.717, 1.165) is 36.9 Å². The Kier molecular flexibility index (Phi) is 7.04. The number of para-hydroxylation sites is 1. The van der Waals surface area contributed by atoms with E-state index in [4.69, 9.17) is 0 Å². The van der Waals surface area contributed by atoms with Gasteiger partial charge in [0.1, 0.15) is 0 Å². The van der Waals surface area contributed by atoms with Crippen molar-refractivity contribution in [3.63, 3.8) is 0 Å². The lowest BCUT2D eigenvalue weighted by Crippen LogP contribution is -2.57. The molecule has 2 amide bonds. The second-order valence-corrected chi connectivity index (χ2v) is 10.0. The van der Waals surface area contributed by atoms with Crippen molar-refractivity contribution in [1.82, 2.24) is 15.2 Å². The molecule has 2 bridgehead atoms. The number of fused-ring (bicyclic) bond motifs is 4. The fourth-order valence-electron chi connectivity index (χ4n) is 5.83. The van der Waals surface area contributed by atoms with Crippen LogP contribution in [0.3, 0.4) is 0 Å². The third kappa shape index (κ3) is 5.59. The molecule has 3 aromatic rings.